The molecule has 0 aliphatic carbocycles. The number of phosphoric ester groups is 1. The van der Waals surface area contributed by atoms with Gasteiger partial charge in [0.15, 0.2) is 0 Å². The molecule has 2 aromatic rings. The van der Waals surface area contributed by atoms with Crippen LogP contribution in [0.15, 0.2) is 60.7 Å². The molecule has 160 valence electrons. The Hall–Kier alpha value is -1.77. The van der Waals surface area contributed by atoms with Crippen molar-refractivity contribution in [1.82, 2.24) is 0 Å². The molecule has 0 unspecified atom stereocenters. The number of para-hydroxylation sites is 2. The lowest BCUT2D eigenvalue weighted by atomic mass is 10.0. The number of hydrogen-bond donors (Lipinski definition) is 0. The molecule has 0 aliphatic heterocycles. The topological polar surface area (TPSA) is 44.8 Å². The molecular formula is C24H35O4P. The molecule has 29 heavy (non-hydrogen) atoms. The second-order valence-corrected chi connectivity index (χ2v) is 9.26. The quantitative estimate of drug-likeness (QED) is 0.217. The average molecular weight is 419 g/mol. The highest BCUT2D eigenvalue weighted by Crippen LogP contribution is 2.49. The first-order valence-electron chi connectivity index (χ1n) is 10.8. The minimum absolute atomic E-state index is 0.351. The monoisotopic (exact) mass is 418 g/mol. The molecule has 0 atom stereocenters. The van der Waals surface area contributed by atoms with E-state index in [9.17, 15) is 4.57 Å². The predicted octanol–water partition coefficient (Wildman–Crippen LogP) is 8.05. The molecular weight excluding hydrogens is 383 g/mol. The van der Waals surface area contributed by atoms with Crippen LogP contribution in [0.5, 0.6) is 11.5 Å². The Kier molecular flexibility index (Phi) is 10.9. The smallest absolute Gasteiger partial charge is 0.395 e. The summed E-state index contributed by atoms with van der Waals surface area (Å²) >= 11 is 0. The van der Waals surface area contributed by atoms with Crippen molar-refractivity contribution in [3.63, 3.8) is 0 Å². The molecule has 2 aromatic carbocycles. The first-order valence-corrected chi connectivity index (χ1v) is 12.3. The van der Waals surface area contributed by atoms with Crippen LogP contribution >= 0.6 is 7.82 Å². The summed E-state index contributed by atoms with van der Waals surface area (Å²) in [5.74, 6) is 1.74. The van der Waals surface area contributed by atoms with Gasteiger partial charge in [0.25, 0.3) is 0 Å². The lowest BCUT2D eigenvalue weighted by Gasteiger charge is -2.19. The van der Waals surface area contributed by atoms with Crippen LogP contribution in [0.2, 0.25) is 0 Å². The lowest BCUT2D eigenvalue weighted by molar-refractivity contribution is 0.205. The van der Waals surface area contributed by atoms with E-state index >= 15 is 0 Å². The summed E-state index contributed by atoms with van der Waals surface area (Å²) in [5.41, 5.74) is 0. The van der Waals surface area contributed by atoms with Crippen molar-refractivity contribution in [2.45, 2.75) is 65.2 Å². The highest BCUT2D eigenvalue weighted by atomic mass is 31.2. The van der Waals surface area contributed by atoms with Gasteiger partial charge in [-0.25, -0.2) is 4.57 Å². The first kappa shape index (κ1) is 23.5. The fraction of sp³-hybridized carbons (Fsp3) is 0.500. The van der Waals surface area contributed by atoms with Crippen molar-refractivity contribution in [3.05, 3.63) is 60.7 Å². The molecule has 0 amide bonds. The van der Waals surface area contributed by atoms with E-state index in [4.69, 9.17) is 13.6 Å². The molecule has 0 saturated carbocycles. The highest BCUT2D eigenvalue weighted by Gasteiger charge is 2.30. The van der Waals surface area contributed by atoms with E-state index < -0.39 is 7.82 Å². The van der Waals surface area contributed by atoms with Crippen LogP contribution in [0.3, 0.4) is 0 Å². The van der Waals surface area contributed by atoms with Crippen LogP contribution in [0.25, 0.3) is 0 Å². The van der Waals surface area contributed by atoms with E-state index in [2.05, 4.69) is 13.8 Å². The molecule has 0 bridgehead atoms. The van der Waals surface area contributed by atoms with Gasteiger partial charge in [0, 0.05) is 0 Å². The molecule has 0 saturated heterocycles. The van der Waals surface area contributed by atoms with Gasteiger partial charge in [0.1, 0.15) is 11.5 Å². The number of benzene rings is 2. The summed E-state index contributed by atoms with van der Waals surface area (Å²) in [5, 5.41) is 0. The largest absolute Gasteiger partial charge is 0.587 e. The van der Waals surface area contributed by atoms with Gasteiger partial charge in [-0.3, -0.25) is 4.52 Å². The fourth-order valence-electron chi connectivity index (χ4n) is 3.01. The van der Waals surface area contributed by atoms with Crippen LogP contribution in [0, 0.1) is 5.92 Å². The van der Waals surface area contributed by atoms with Crippen molar-refractivity contribution in [3.8, 4) is 11.5 Å². The third kappa shape index (κ3) is 10.5. The number of phosphoric acid groups is 1. The second-order valence-electron chi connectivity index (χ2n) is 7.75. The van der Waals surface area contributed by atoms with Gasteiger partial charge in [-0.1, -0.05) is 95.2 Å². The molecule has 0 N–H and O–H groups in total. The predicted molar refractivity (Wildman–Crippen MR) is 119 cm³/mol. The zero-order chi connectivity index (χ0) is 20.8. The molecule has 0 radical (unpaired) electrons. The molecule has 0 fully saturated rings. The first-order chi connectivity index (χ1) is 14.1. The second kappa shape index (κ2) is 13.5. The maximum Gasteiger partial charge on any atom is 0.587 e. The molecule has 0 aromatic heterocycles. The van der Waals surface area contributed by atoms with Gasteiger partial charge < -0.3 is 9.05 Å². The summed E-state index contributed by atoms with van der Waals surface area (Å²) in [6.45, 7) is 4.91. The van der Waals surface area contributed by atoms with E-state index in [1.54, 1.807) is 24.3 Å². The maximum absolute atomic E-state index is 13.1. The van der Waals surface area contributed by atoms with Gasteiger partial charge in [-0.15, -0.1) is 0 Å². The Balaban J connectivity index is 1.72. The fourth-order valence-corrected chi connectivity index (χ4v) is 4.26. The van der Waals surface area contributed by atoms with E-state index in [1.165, 1.54) is 38.5 Å². The van der Waals surface area contributed by atoms with Crippen molar-refractivity contribution in [2.75, 3.05) is 6.61 Å². The van der Waals surface area contributed by atoms with Crippen LogP contribution in [0.4, 0.5) is 0 Å². The molecule has 2 rings (SSSR count). The third-order valence-electron chi connectivity index (χ3n) is 4.60. The average Bonchev–Trinajstić information content (AvgIpc) is 2.70. The molecule has 4 nitrogen and oxygen atoms in total. The Morgan fingerprint density at radius 3 is 1.62 bits per heavy atom. The van der Waals surface area contributed by atoms with Crippen molar-refractivity contribution < 1.29 is 18.1 Å². The van der Waals surface area contributed by atoms with Crippen LogP contribution in [0.1, 0.15) is 65.2 Å². The van der Waals surface area contributed by atoms with Crippen LogP contribution in [-0.4, -0.2) is 6.61 Å². The zero-order valence-electron chi connectivity index (χ0n) is 17.8. The normalized spacial score (nSPS) is 11.6. The van der Waals surface area contributed by atoms with Gasteiger partial charge >= 0.3 is 7.82 Å². The number of hydrogen-bond acceptors (Lipinski definition) is 4. The molecule has 5 heteroatoms. The maximum atomic E-state index is 13.1. The van der Waals surface area contributed by atoms with Crippen LogP contribution < -0.4 is 9.05 Å². The Bertz CT molecular complexity index is 658. The number of unbranched alkanes of at least 4 members (excludes halogenated alkanes) is 6. The Labute approximate surface area is 176 Å². The summed E-state index contributed by atoms with van der Waals surface area (Å²) in [6.07, 6.45) is 9.59. The van der Waals surface area contributed by atoms with E-state index in [0.717, 1.165) is 18.8 Å². The third-order valence-corrected chi connectivity index (χ3v) is 5.96. The summed E-state index contributed by atoms with van der Waals surface area (Å²) in [7, 11) is -3.74. The summed E-state index contributed by atoms with van der Waals surface area (Å²) in [6, 6.07) is 18.0. The minimum atomic E-state index is -3.74. The Morgan fingerprint density at radius 1 is 0.690 bits per heavy atom. The van der Waals surface area contributed by atoms with Gasteiger partial charge in [-0.2, -0.15) is 0 Å². The van der Waals surface area contributed by atoms with Gasteiger partial charge in [0.2, 0.25) is 0 Å². The molecule has 0 aliphatic rings. The van der Waals surface area contributed by atoms with Crippen LogP contribution in [-0.2, 0) is 9.09 Å². The number of rotatable bonds is 15. The van der Waals surface area contributed by atoms with Crippen molar-refractivity contribution >= 4 is 7.82 Å². The molecule has 0 heterocycles. The van der Waals surface area contributed by atoms with Gasteiger partial charge in [0.05, 0.1) is 6.61 Å². The van der Waals surface area contributed by atoms with E-state index in [-0.39, 0.29) is 0 Å². The molecule has 0 spiro atoms. The zero-order valence-corrected chi connectivity index (χ0v) is 18.7. The highest BCUT2D eigenvalue weighted by molar-refractivity contribution is 7.49. The van der Waals surface area contributed by atoms with E-state index in [0.29, 0.717) is 18.1 Å². The summed E-state index contributed by atoms with van der Waals surface area (Å²) < 4.78 is 30.0. The SMILES string of the molecule is CC(C)CCCCCCCCCOP(=O)(Oc1ccccc1)Oc1ccccc1. The van der Waals surface area contributed by atoms with E-state index in [1.807, 2.05) is 36.4 Å². The van der Waals surface area contributed by atoms with Crippen molar-refractivity contribution in [2.24, 2.45) is 5.92 Å². The van der Waals surface area contributed by atoms with Gasteiger partial charge in [-0.05, 0) is 36.6 Å². The summed E-state index contributed by atoms with van der Waals surface area (Å²) in [4.78, 5) is 0. The van der Waals surface area contributed by atoms with Crippen molar-refractivity contribution in [1.29, 1.82) is 0 Å². The Morgan fingerprint density at radius 2 is 1.14 bits per heavy atom. The lowest BCUT2D eigenvalue weighted by Crippen LogP contribution is -2.06. The minimum Gasteiger partial charge on any atom is -0.395 e. The standard InChI is InChI=1S/C24H35O4P/c1-22(2)16-10-6-4-3-5-7-15-21-26-29(25,27-23-17-11-8-12-18-23)28-24-19-13-9-14-20-24/h8-9,11-14,17-20,22H,3-7,10,15-16,21H2,1-2H3.